The molecule has 0 saturated heterocycles. The zero-order valence-corrected chi connectivity index (χ0v) is 12.1. The number of benzene rings is 1. The number of nitriles is 1. The van der Waals surface area contributed by atoms with Crippen LogP contribution in [0.25, 0.3) is 6.08 Å². The Labute approximate surface area is 120 Å². The first-order chi connectivity index (χ1) is 9.60. The van der Waals surface area contributed by atoms with Gasteiger partial charge in [-0.1, -0.05) is 19.1 Å². The van der Waals surface area contributed by atoms with E-state index in [-0.39, 0.29) is 17.5 Å². The molecule has 20 heavy (non-hydrogen) atoms. The number of amides is 1. The number of nitrogens with one attached hydrogen (secondary N) is 1. The van der Waals surface area contributed by atoms with Crippen LogP contribution in [0.5, 0.6) is 5.75 Å². The molecule has 0 aromatic heterocycles. The summed E-state index contributed by atoms with van der Waals surface area (Å²) >= 11 is 0. The maximum Gasteiger partial charge on any atom is 0.262 e. The van der Waals surface area contributed by atoms with Crippen molar-refractivity contribution in [2.45, 2.75) is 33.2 Å². The van der Waals surface area contributed by atoms with Crippen LogP contribution in [-0.4, -0.2) is 18.6 Å². The van der Waals surface area contributed by atoms with Gasteiger partial charge in [0, 0.05) is 6.04 Å². The van der Waals surface area contributed by atoms with Crippen molar-refractivity contribution in [3.63, 3.8) is 0 Å². The molecule has 0 unspecified atom stereocenters. The summed E-state index contributed by atoms with van der Waals surface area (Å²) in [6.07, 6.45) is 2.40. The van der Waals surface area contributed by atoms with Gasteiger partial charge in [0.15, 0.2) is 0 Å². The van der Waals surface area contributed by atoms with Crippen molar-refractivity contribution in [1.29, 1.82) is 5.26 Å². The number of carbonyl (C=O) groups is 1. The highest BCUT2D eigenvalue weighted by Crippen LogP contribution is 2.14. The summed E-state index contributed by atoms with van der Waals surface area (Å²) in [7, 11) is 0. The van der Waals surface area contributed by atoms with Crippen LogP contribution < -0.4 is 10.1 Å². The maximum atomic E-state index is 11.9. The molecule has 0 bridgehead atoms. The fraction of sp³-hybridized carbons (Fsp3) is 0.375. The molecule has 0 saturated carbocycles. The highest BCUT2D eigenvalue weighted by atomic mass is 16.5. The van der Waals surface area contributed by atoms with Crippen molar-refractivity contribution in [3.05, 3.63) is 35.4 Å². The van der Waals surface area contributed by atoms with Gasteiger partial charge in [0.1, 0.15) is 17.4 Å². The first-order valence-electron chi connectivity index (χ1n) is 6.76. The monoisotopic (exact) mass is 272 g/mol. The van der Waals surface area contributed by atoms with Crippen LogP contribution in [-0.2, 0) is 4.79 Å². The van der Waals surface area contributed by atoms with Gasteiger partial charge in [0.25, 0.3) is 5.91 Å². The lowest BCUT2D eigenvalue weighted by molar-refractivity contribution is -0.117. The third-order valence-corrected chi connectivity index (χ3v) is 2.86. The normalized spacial score (nSPS) is 12.4. The van der Waals surface area contributed by atoms with Gasteiger partial charge in [0.05, 0.1) is 6.61 Å². The smallest absolute Gasteiger partial charge is 0.262 e. The number of rotatable bonds is 6. The highest BCUT2D eigenvalue weighted by Gasteiger charge is 2.11. The molecule has 0 aliphatic heterocycles. The van der Waals surface area contributed by atoms with E-state index in [1.165, 1.54) is 0 Å². The quantitative estimate of drug-likeness (QED) is 0.639. The topological polar surface area (TPSA) is 62.1 Å². The summed E-state index contributed by atoms with van der Waals surface area (Å²) in [6.45, 7) is 6.41. The van der Waals surface area contributed by atoms with E-state index in [0.29, 0.717) is 6.61 Å². The Balaban J connectivity index is 2.83. The minimum Gasteiger partial charge on any atom is -0.494 e. The van der Waals surface area contributed by atoms with Gasteiger partial charge in [-0.15, -0.1) is 0 Å². The molecular formula is C16H20N2O2. The van der Waals surface area contributed by atoms with Crippen LogP contribution in [0.2, 0.25) is 0 Å². The molecule has 0 spiro atoms. The van der Waals surface area contributed by atoms with E-state index >= 15 is 0 Å². The average molecular weight is 272 g/mol. The van der Waals surface area contributed by atoms with Crippen molar-refractivity contribution in [2.75, 3.05) is 6.61 Å². The van der Waals surface area contributed by atoms with Crippen molar-refractivity contribution < 1.29 is 9.53 Å². The summed E-state index contributed by atoms with van der Waals surface area (Å²) in [5.74, 6) is 0.433. The van der Waals surface area contributed by atoms with Crippen LogP contribution in [0.3, 0.4) is 0 Å². The van der Waals surface area contributed by atoms with Gasteiger partial charge in [-0.05, 0) is 44.0 Å². The van der Waals surface area contributed by atoms with E-state index in [1.54, 1.807) is 6.08 Å². The van der Waals surface area contributed by atoms with Crippen LogP contribution >= 0.6 is 0 Å². The molecule has 0 fully saturated rings. The molecule has 4 nitrogen and oxygen atoms in total. The van der Waals surface area contributed by atoms with Crippen molar-refractivity contribution in [3.8, 4) is 11.8 Å². The zero-order valence-electron chi connectivity index (χ0n) is 12.1. The third kappa shape index (κ3) is 4.77. The fourth-order valence-electron chi connectivity index (χ4n) is 1.55. The van der Waals surface area contributed by atoms with E-state index < -0.39 is 0 Å². The summed E-state index contributed by atoms with van der Waals surface area (Å²) < 4.78 is 5.34. The molecule has 0 heterocycles. The lowest BCUT2D eigenvalue weighted by Gasteiger charge is -2.10. The Kier molecular flexibility index (Phi) is 6.31. The molecule has 1 aromatic carbocycles. The van der Waals surface area contributed by atoms with Crippen LogP contribution in [0.15, 0.2) is 29.8 Å². The number of nitrogens with zero attached hydrogens (tertiary/aromatic N) is 1. The Morgan fingerprint density at radius 2 is 2.05 bits per heavy atom. The number of hydrogen-bond acceptors (Lipinski definition) is 3. The highest BCUT2D eigenvalue weighted by molar-refractivity contribution is 6.01. The van der Waals surface area contributed by atoms with Gasteiger partial charge in [-0.2, -0.15) is 5.26 Å². The molecule has 0 aliphatic rings. The van der Waals surface area contributed by atoms with Crippen LogP contribution in [0.4, 0.5) is 0 Å². The van der Waals surface area contributed by atoms with E-state index in [0.717, 1.165) is 17.7 Å². The second kappa shape index (κ2) is 8.00. The summed E-state index contributed by atoms with van der Waals surface area (Å²) in [6, 6.07) is 9.26. The Bertz CT molecular complexity index is 512. The van der Waals surface area contributed by atoms with Gasteiger partial charge >= 0.3 is 0 Å². The first kappa shape index (κ1) is 15.8. The Hall–Kier alpha value is -2.28. The molecule has 1 rings (SSSR count). The molecule has 1 aromatic rings. The maximum absolute atomic E-state index is 11.9. The second-order valence-electron chi connectivity index (χ2n) is 4.45. The minimum absolute atomic E-state index is 0.0552. The summed E-state index contributed by atoms with van der Waals surface area (Å²) in [5.41, 5.74) is 0.902. The number of carbonyl (C=O) groups excluding carboxylic acids is 1. The molecule has 4 heteroatoms. The van der Waals surface area contributed by atoms with Crippen LogP contribution in [0.1, 0.15) is 32.8 Å². The Morgan fingerprint density at radius 1 is 1.40 bits per heavy atom. The van der Waals surface area contributed by atoms with Crippen LogP contribution in [0, 0.1) is 11.3 Å². The molecular weight excluding hydrogens is 252 g/mol. The lowest BCUT2D eigenvalue weighted by atomic mass is 10.1. The minimum atomic E-state index is -0.337. The number of hydrogen-bond donors (Lipinski definition) is 1. The molecule has 1 atom stereocenters. The van der Waals surface area contributed by atoms with E-state index in [1.807, 2.05) is 51.1 Å². The standard InChI is InChI=1S/C16H20N2O2/c1-4-12(3)18-16(19)14(11-17)10-13-6-8-15(9-7-13)20-5-2/h6-10,12H,4-5H2,1-3H3,(H,18,19)/b14-10+/t12-/m0/s1. The lowest BCUT2D eigenvalue weighted by Crippen LogP contribution is -2.32. The molecule has 1 N–H and O–H groups in total. The van der Waals surface area contributed by atoms with Gasteiger partial charge in [-0.3, -0.25) is 4.79 Å². The predicted octanol–water partition coefficient (Wildman–Crippen LogP) is 2.91. The molecule has 0 aliphatic carbocycles. The van der Waals surface area contributed by atoms with Gasteiger partial charge in [0.2, 0.25) is 0 Å². The van der Waals surface area contributed by atoms with E-state index in [2.05, 4.69) is 5.32 Å². The summed E-state index contributed by atoms with van der Waals surface area (Å²) in [4.78, 5) is 11.9. The molecule has 1 amide bonds. The van der Waals surface area contributed by atoms with E-state index in [4.69, 9.17) is 10.00 Å². The van der Waals surface area contributed by atoms with Crippen molar-refractivity contribution >= 4 is 12.0 Å². The van der Waals surface area contributed by atoms with Gasteiger partial charge in [-0.25, -0.2) is 0 Å². The fourth-order valence-corrected chi connectivity index (χ4v) is 1.55. The van der Waals surface area contributed by atoms with Crippen molar-refractivity contribution in [2.24, 2.45) is 0 Å². The predicted molar refractivity (Wildman–Crippen MR) is 79.1 cm³/mol. The third-order valence-electron chi connectivity index (χ3n) is 2.86. The summed E-state index contributed by atoms with van der Waals surface area (Å²) in [5, 5.41) is 11.9. The SMILES string of the molecule is CCOc1ccc(/C=C(\C#N)C(=O)N[C@@H](C)CC)cc1. The molecule has 0 radical (unpaired) electrons. The largest absolute Gasteiger partial charge is 0.494 e. The van der Waals surface area contributed by atoms with E-state index in [9.17, 15) is 4.79 Å². The number of ether oxygens (including phenoxy) is 1. The second-order valence-corrected chi connectivity index (χ2v) is 4.45. The Morgan fingerprint density at radius 3 is 2.55 bits per heavy atom. The first-order valence-corrected chi connectivity index (χ1v) is 6.76. The zero-order chi connectivity index (χ0) is 15.0. The average Bonchev–Trinajstić information content (AvgIpc) is 2.46. The van der Waals surface area contributed by atoms with Crippen molar-refractivity contribution in [1.82, 2.24) is 5.32 Å². The molecule has 106 valence electrons. The van der Waals surface area contributed by atoms with Gasteiger partial charge < -0.3 is 10.1 Å².